The predicted molar refractivity (Wildman–Crippen MR) is 82.8 cm³/mol. The first-order valence-electron chi connectivity index (χ1n) is 7.37. The van der Waals surface area contributed by atoms with E-state index in [9.17, 15) is 4.79 Å². The summed E-state index contributed by atoms with van der Waals surface area (Å²) in [6.45, 7) is 4.34. The van der Waals surface area contributed by atoms with Crippen molar-refractivity contribution < 1.29 is 4.79 Å². The van der Waals surface area contributed by atoms with Gasteiger partial charge in [-0.15, -0.1) is 0 Å². The molecule has 5 nitrogen and oxygen atoms in total. The molecule has 1 aliphatic rings. The lowest BCUT2D eigenvalue weighted by Gasteiger charge is -2.14. The van der Waals surface area contributed by atoms with Crippen molar-refractivity contribution in [2.24, 2.45) is 0 Å². The molecule has 0 unspecified atom stereocenters. The van der Waals surface area contributed by atoms with Gasteiger partial charge in [-0.2, -0.15) is 0 Å². The third kappa shape index (κ3) is 5.09. The third-order valence-corrected chi connectivity index (χ3v) is 3.53. The van der Waals surface area contributed by atoms with Gasteiger partial charge in [-0.3, -0.25) is 0 Å². The molecule has 0 saturated carbocycles. The monoisotopic (exact) mass is 276 g/mol. The Morgan fingerprint density at radius 2 is 2.05 bits per heavy atom. The molecule has 1 aromatic carbocycles. The first-order chi connectivity index (χ1) is 9.74. The molecule has 2 amide bonds. The molecule has 1 aromatic rings. The molecule has 0 aliphatic carbocycles. The number of anilines is 2. The number of amides is 2. The Hall–Kier alpha value is -1.75. The number of benzene rings is 1. The van der Waals surface area contributed by atoms with Crippen LogP contribution in [-0.2, 0) is 0 Å². The maximum Gasteiger partial charge on any atom is 0.319 e. The highest BCUT2D eigenvalue weighted by molar-refractivity contribution is 5.89. The maximum atomic E-state index is 11.7. The summed E-state index contributed by atoms with van der Waals surface area (Å²) >= 11 is 0. The summed E-state index contributed by atoms with van der Waals surface area (Å²) in [6.07, 6.45) is 4.82. The highest BCUT2D eigenvalue weighted by Gasteiger charge is 2.10. The minimum atomic E-state index is -0.170. The Morgan fingerprint density at radius 3 is 2.80 bits per heavy atom. The standard InChI is InChI=1S/C15H24N4O/c16-13-6-5-7-14(12-13)18-15(20)17-8-1-2-9-19-10-3-4-11-19/h5-7,12H,1-4,8-11,16H2,(H2,17,18,20). The van der Waals surface area contributed by atoms with E-state index in [1.807, 2.05) is 12.1 Å². The Labute approximate surface area is 120 Å². The lowest BCUT2D eigenvalue weighted by molar-refractivity contribution is 0.251. The number of nitrogens with one attached hydrogen (secondary N) is 2. The molecule has 0 aromatic heterocycles. The minimum absolute atomic E-state index is 0.170. The number of unbranched alkanes of at least 4 members (excludes halogenated alkanes) is 1. The summed E-state index contributed by atoms with van der Waals surface area (Å²) < 4.78 is 0. The number of nitrogen functional groups attached to an aromatic ring is 1. The number of carbonyl (C=O) groups is 1. The summed E-state index contributed by atoms with van der Waals surface area (Å²) in [7, 11) is 0. The molecule has 4 N–H and O–H groups in total. The van der Waals surface area contributed by atoms with Crippen LogP contribution in [0.4, 0.5) is 16.2 Å². The van der Waals surface area contributed by atoms with E-state index >= 15 is 0 Å². The number of urea groups is 1. The molecule has 5 heteroatoms. The van der Waals surface area contributed by atoms with Gasteiger partial charge >= 0.3 is 6.03 Å². The molecular weight excluding hydrogens is 252 g/mol. The third-order valence-electron chi connectivity index (χ3n) is 3.53. The van der Waals surface area contributed by atoms with E-state index in [4.69, 9.17) is 5.73 Å². The molecule has 2 rings (SSSR count). The largest absolute Gasteiger partial charge is 0.399 e. The molecule has 0 spiro atoms. The second kappa shape index (κ2) is 7.75. The van der Waals surface area contributed by atoms with Gasteiger partial charge in [-0.1, -0.05) is 6.07 Å². The van der Waals surface area contributed by atoms with Crippen LogP contribution in [0, 0.1) is 0 Å². The Morgan fingerprint density at radius 1 is 1.25 bits per heavy atom. The molecule has 0 radical (unpaired) electrons. The van der Waals surface area contributed by atoms with Crippen molar-refractivity contribution in [3.63, 3.8) is 0 Å². The van der Waals surface area contributed by atoms with Crippen molar-refractivity contribution >= 4 is 17.4 Å². The molecule has 0 bridgehead atoms. The first-order valence-corrected chi connectivity index (χ1v) is 7.37. The molecular formula is C15H24N4O. The number of nitrogens with zero attached hydrogens (tertiary/aromatic N) is 1. The van der Waals surface area contributed by atoms with Crippen LogP contribution in [-0.4, -0.2) is 37.1 Å². The van der Waals surface area contributed by atoms with E-state index in [2.05, 4.69) is 15.5 Å². The first kappa shape index (κ1) is 14.7. The molecule has 1 fully saturated rings. The van der Waals surface area contributed by atoms with Crippen molar-refractivity contribution in [3.05, 3.63) is 24.3 Å². The van der Waals surface area contributed by atoms with Crippen LogP contribution in [0.5, 0.6) is 0 Å². The lowest BCUT2D eigenvalue weighted by atomic mass is 10.3. The van der Waals surface area contributed by atoms with E-state index < -0.39 is 0 Å². The van der Waals surface area contributed by atoms with Gasteiger partial charge in [0.15, 0.2) is 0 Å². The molecule has 110 valence electrons. The van der Waals surface area contributed by atoms with Crippen molar-refractivity contribution in [1.29, 1.82) is 0 Å². The van der Waals surface area contributed by atoms with Gasteiger partial charge in [0.05, 0.1) is 0 Å². The SMILES string of the molecule is Nc1cccc(NC(=O)NCCCCN2CCCC2)c1. The van der Waals surface area contributed by atoms with Gasteiger partial charge in [0.2, 0.25) is 0 Å². The van der Waals surface area contributed by atoms with E-state index in [0.29, 0.717) is 12.2 Å². The molecule has 1 saturated heterocycles. The van der Waals surface area contributed by atoms with Crippen molar-refractivity contribution in [3.8, 4) is 0 Å². The average molecular weight is 276 g/mol. The minimum Gasteiger partial charge on any atom is -0.399 e. The highest BCUT2D eigenvalue weighted by atomic mass is 16.2. The summed E-state index contributed by atoms with van der Waals surface area (Å²) in [5.74, 6) is 0. The van der Waals surface area contributed by atoms with Crippen LogP contribution < -0.4 is 16.4 Å². The normalized spacial score (nSPS) is 15.2. The molecule has 1 aliphatic heterocycles. The number of nitrogens with two attached hydrogens (primary N) is 1. The van der Waals surface area contributed by atoms with E-state index in [0.717, 1.165) is 25.1 Å². The predicted octanol–water partition coefficient (Wildman–Crippen LogP) is 2.27. The summed E-state index contributed by atoms with van der Waals surface area (Å²) in [5, 5.41) is 5.64. The van der Waals surface area contributed by atoms with Crippen LogP contribution in [0.3, 0.4) is 0 Å². The highest BCUT2D eigenvalue weighted by Crippen LogP contribution is 2.11. The van der Waals surface area contributed by atoms with Gasteiger partial charge in [0.25, 0.3) is 0 Å². The fourth-order valence-electron chi connectivity index (χ4n) is 2.46. The smallest absolute Gasteiger partial charge is 0.319 e. The number of hydrogen-bond donors (Lipinski definition) is 3. The van der Waals surface area contributed by atoms with Gasteiger partial charge in [0.1, 0.15) is 0 Å². The second-order valence-electron chi connectivity index (χ2n) is 5.26. The van der Waals surface area contributed by atoms with Gasteiger partial charge < -0.3 is 21.3 Å². The zero-order valence-electron chi connectivity index (χ0n) is 11.9. The maximum absolute atomic E-state index is 11.7. The fourth-order valence-corrected chi connectivity index (χ4v) is 2.46. The van der Waals surface area contributed by atoms with Crippen LogP contribution >= 0.6 is 0 Å². The van der Waals surface area contributed by atoms with Crippen molar-refractivity contribution in [2.75, 3.05) is 37.2 Å². The van der Waals surface area contributed by atoms with Crippen LogP contribution in [0.2, 0.25) is 0 Å². The quantitative estimate of drug-likeness (QED) is 0.551. The fraction of sp³-hybridized carbons (Fsp3) is 0.533. The van der Waals surface area contributed by atoms with Crippen LogP contribution in [0.1, 0.15) is 25.7 Å². The Kier molecular flexibility index (Phi) is 5.68. The van der Waals surface area contributed by atoms with Gasteiger partial charge in [-0.05, 0) is 63.5 Å². The second-order valence-corrected chi connectivity index (χ2v) is 5.26. The zero-order valence-corrected chi connectivity index (χ0v) is 11.9. The topological polar surface area (TPSA) is 70.4 Å². The number of rotatable bonds is 6. The Balaban J connectivity index is 1.55. The molecule has 20 heavy (non-hydrogen) atoms. The lowest BCUT2D eigenvalue weighted by Crippen LogP contribution is -2.30. The average Bonchev–Trinajstić information content (AvgIpc) is 2.91. The van der Waals surface area contributed by atoms with Crippen LogP contribution in [0.15, 0.2) is 24.3 Å². The number of likely N-dealkylation sites (tertiary alicyclic amines) is 1. The zero-order chi connectivity index (χ0) is 14.2. The molecule has 1 heterocycles. The van der Waals surface area contributed by atoms with E-state index in [1.54, 1.807) is 12.1 Å². The Bertz CT molecular complexity index is 430. The summed E-state index contributed by atoms with van der Waals surface area (Å²) in [6, 6.07) is 7.01. The van der Waals surface area contributed by atoms with Crippen molar-refractivity contribution in [2.45, 2.75) is 25.7 Å². The summed E-state index contributed by atoms with van der Waals surface area (Å²) in [5.41, 5.74) is 7.03. The van der Waals surface area contributed by atoms with Crippen LogP contribution in [0.25, 0.3) is 0 Å². The van der Waals surface area contributed by atoms with Crippen molar-refractivity contribution in [1.82, 2.24) is 10.2 Å². The van der Waals surface area contributed by atoms with E-state index in [-0.39, 0.29) is 6.03 Å². The van der Waals surface area contributed by atoms with Gasteiger partial charge in [-0.25, -0.2) is 4.79 Å². The summed E-state index contributed by atoms with van der Waals surface area (Å²) in [4.78, 5) is 14.2. The molecule has 0 atom stereocenters. The van der Waals surface area contributed by atoms with E-state index in [1.165, 1.54) is 25.9 Å². The van der Waals surface area contributed by atoms with Gasteiger partial charge in [0, 0.05) is 17.9 Å². The number of hydrogen-bond acceptors (Lipinski definition) is 3. The number of carbonyl (C=O) groups excluding carboxylic acids is 1.